The topological polar surface area (TPSA) is 117 Å². The third-order valence-electron chi connectivity index (χ3n) is 7.81. The summed E-state index contributed by atoms with van der Waals surface area (Å²) < 4.78 is 31.6. The lowest BCUT2D eigenvalue weighted by atomic mass is 9.84. The summed E-state index contributed by atoms with van der Waals surface area (Å²) in [5.74, 6) is 1.76. The minimum Gasteiger partial charge on any atom is -0.349 e. The quantitative estimate of drug-likeness (QED) is 0.366. The molecular weight excluding hydrogens is 514 g/mol. The molecule has 1 aliphatic heterocycles. The fraction of sp³-hybridized carbons (Fsp3) is 0.483. The van der Waals surface area contributed by atoms with E-state index < -0.39 is 10.0 Å². The normalized spacial score (nSPS) is 17.9. The molecule has 1 saturated heterocycles. The lowest BCUT2D eigenvalue weighted by Crippen LogP contribution is -2.39. The summed E-state index contributed by atoms with van der Waals surface area (Å²) >= 11 is 0. The maximum absolute atomic E-state index is 12.7. The Morgan fingerprint density at radius 1 is 1.05 bits per heavy atom. The lowest BCUT2D eigenvalue weighted by molar-refractivity contribution is -0.128. The number of nitrogens with zero attached hydrogens (tertiary/aromatic N) is 3. The smallest absolute Gasteiger partial charge is 0.229 e. The molecular formula is C29H37N5O4S. The second kappa shape index (κ2) is 12.3. The predicted molar refractivity (Wildman–Crippen MR) is 150 cm³/mol. The first kappa shape index (κ1) is 27.3. The number of sulfonamides is 1. The van der Waals surface area contributed by atoms with E-state index in [2.05, 4.69) is 37.2 Å². The van der Waals surface area contributed by atoms with Crippen molar-refractivity contribution < 1.29 is 17.7 Å². The molecule has 3 aromatic rings. The number of nitrogens with one attached hydrogen (secondary N) is 2. The molecule has 2 heterocycles. The average Bonchev–Trinajstić information content (AvgIpc) is 3.35. The van der Waals surface area contributed by atoms with E-state index in [0.29, 0.717) is 23.8 Å². The van der Waals surface area contributed by atoms with Crippen LogP contribution >= 0.6 is 0 Å². The van der Waals surface area contributed by atoms with Crippen LogP contribution in [0.2, 0.25) is 0 Å². The van der Waals surface area contributed by atoms with Crippen molar-refractivity contribution in [2.75, 3.05) is 30.6 Å². The minimum absolute atomic E-state index is 0.0237. The van der Waals surface area contributed by atoms with Crippen LogP contribution in [0.4, 0.5) is 5.69 Å². The number of carbonyl (C=O) groups is 1. The number of amides is 1. The van der Waals surface area contributed by atoms with Crippen molar-refractivity contribution in [2.45, 2.75) is 56.9 Å². The van der Waals surface area contributed by atoms with E-state index in [1.807, 2.05) is 30.3 Å². The molecule has 208 valence electrons. The van der Waals surface area contributed by atoms with Crippen LogP contribution in [0.15, 0.2) is 59.1 Å². The van der Waals surface area contributed by atoms with Gasteiger partial charge in [-0.1, -0.05) is 60.1 Å². The molecule has 1 saturated carbocycles. The Balaban J connectivity index is 1.14. The molecule has 1 aromatic heterocycles. The molecule has 2 fully saturated rings. The second-order valence-electron chi connectivity index (χ2n) is 10.8. The Labute approximate surface area is 230 Å². The fourth-order valence-electron chi connectivity index (χ4n) is 5.33. The van der Waals surface area contributed by atoms with Crippen molar-refractivity contribution in [3.63, 3.8) is 0 Å². The van der Waals surface area contributed by atoms with Gasteiger partial charge in [0.2, 0.25) is 21.8 Å². The molecule has 0 unspecified atom stereocenters. The van der Waals surface area contributed by atoms with Gasteiger partial charge in [0.05, 0.1) is 18.0 Å². The summed E-state index contributed by atoms with van der Waals surface area (Å²) in [5.41, 5.74) is 2.48. The fourth-order valence-corrected chi connectivity index (χ4v) is 5.93. The Kier molecular flexibility index (Phi) is 8.62. The van der Waals surface area contributed by atoms with Gasteiger partial charge in [0.25, 0.3) is 0 Å². The number of hydrogen-bond acceptors (Lipinski definition) is 7. The van der Waals surface area contributed by atoms with Crippen molar-refractivity contribution in [1.29, 1.82) is 0 Å². The molecule has 1 aliphatic carbocycles. The Morgan fingerprint density at radius 2 is 1.77 bits per heavy atom. The number of likely N-dealkylation sites (tertiary alicyclic amines) is 1. The van der Waals surface area contributed by atoms with Crippen LogP contribution in [0.3, 0.4) is 0 Å². The predicted octanol–water partition coefficient (Wildman–Crippen LogP) is 4.26. The summed E-state index contributed by atoms with van der Waals surface area (Å²) in [6.45, 7) is 2.78. The number of aromatic nitrogens is 2. The lowest BCUT2D eigenvalue weighted by Gasteiger charge is -2.32. The molecule has 10 heteroatoms. The SMILES string of the molecule is CS(=O)(=O)Nc1ccccc1Cc1noc(C2CCN(CC[C@H](NC(=O)C3CCC3)c3ccccc3)CC2)n1. The van der Waals surface area contributed by atoms with Gasteiger partial charge in [-0.05, 0) is 62.4 Å². The van der Waals surface area contributed by atoms with Gasteiger partial charge < -0.3 is 14.7 Å². The second-order valence-corrected chi connectivity index (χ2v) is 12.5. The van der Waals surface area contributed by atoms with Gasteiger partial charge >= 0.3 is 0 Å². The van der Waals surface area contributed by atoms with Gasteiger partial charge in [0, 0.05) is 24.8 Å². The molecule has 0 spiro atoms. The number of piperidine rings is 1. The van der Waals surface area contributed by atoms with E-state index in [9.17, 15) is 13.2 Å². The standard InChI is InChI=1S/C29H37N5O4S/c1-39(36,37)33-26-13-6-5-10-24(26)20-27-31-29(38-32-27)23-14-17-34(18-15-23)19-16-25(21-8-3-2-4-9-21)30-28(35)22-11-7-12-22/h2-6,8-10,13,22-23,25,33H,7,11-12,14-20H2,1H3,(H,30,35)/t25-/m0/s1. The molecule has 9 nitrogen and oxygen atoms in total. The first-order valence-electron chi connectivity index (χ1n) is 13.8. The van der Waals surface area contributed by atoms with Gasteiger partial charge in [-0.15, -0.1) is 0 Å². The zero-order valence-corrected chi connectivity index (χ0v) is 23.2. The molecule has 0 bridgehead atoms. The summed E-state index contributed by atoms with van der Waals surface area (Å²) in [4.78, 5) is 19.8. The summed E-state index contributed by atoms with van der Waals surface area (Å²) in [6.07, 6.45) is 7.41. The van der Waals surface area contributed by atoms with Crippen molar-refractivity contribution in [2.24, 2.45) is 5.92 Å². The van der Waals surface area contributed by atoms with Crippen molar-refractivity contribution >= 4 is 21.6 Å². The van der Waals surface area contributed by atoms with Gasteiger partial charge in [0.15, 0.2) is 5.82 Å². The highest BCUT2D eigenvalue weighted by atomic mass is 32.2. The van der Waals surface area contributed by atoms with Crippen LogP contribution in [-0.2, 0) is 21.2 Å². The zero-order valence-electron chi connectivity index (χ0n) is 22.4. The van der Waals surface area contributed by atoms with Gasteiger partial charge in [0.1, 0.15) is 0 Å². The molecule has 0 radical (unpaired) electrons. The monoisotopic (exact) mass is 551 g/mol. The van der Waals surface area contributed by atoms with Crippen LogP contribution in [0.25, 0.3) is 0 Å². The maximum Gasteiger partial charge on any atom is 0.229 e. The number of para-hydroxylation sites is 1. The van der Waals surface area contributed by atoms with E-state index in [1.165, 1.54) is 0 Å². The van der Waals surface area contributed by atoms with Gasteiger partial charge in [-0.2, -0.15) is 4.98 Å². The van der Waals surface area contributed by atoms with Crippen molar-refractivity contribution in [3.8, 4) is 0 Å². The summed E-state index contributed by atoms with van der Waals surface area (Å²) in [7, 11) is -3.38. The summed E-state index contributed by atoms with van der Waals surface area (Å²) in [5, 5.41) is 7.48. The highest BCUT2D eigenvalue weighted by Gasteiger charge is 2.29. The third-order valence-corrected chi connectivity index (χ3v) is 8.40. The first-order chi connectivity index (χ1) is 18.8. The molecule has 2 N–H and O–H groups in total. The van der Waals surface area contributed by atoms with Crippen LogP contribution in [0.5, 0.6) is 0 Å². The largest absolute Gasteiger partial charge is 0.349 e. The number of anilines is 1. The minimum atomic E-state index is -3.38. The van der Waals surface area contributed by atoms with Crippen molar-refractivity contribution in [3.05, 3.63) is 77.4 Å². The van der Waals surface area contributed by atoms with E-state index in [0.717, 1.165) is 75.5 Å². The number of hydrogen-bond donors (Lipinski definition) is 2. The Hall–Kier alpha value is -3.24. The van der Waals surface area contributed by atoms with Gasteiger partial charge in [-0.25, -0.2) is 8.42 Å². The highest BCUT2D eigenvalue weighted by Crippen LogP contribution is 2.30. The molecule has 1 amide bonds. The summed E-state index contributed by atoms with van der Waals surface area (Å²) in [6, 6.07) is 17.5. The molecule has 5 rings (SSSR count). The Morgan fingerprint density at radius 3 is 2.46 bits per heavy atom. The maximum atomic E-state index is 12.7. The third kappa shape index (κ3) is 7.45. The van der Waals surface area contributed by atoms with Crippen molar-refractivity contribution in [1.82, 2.24) is 20.4 Å². The number of carbonyl (C=O) groups excluding carboxylic acids is 1. The van der Waals surface area contributed by atoms with Crippen LogP contribution in [-0.4, -0.2) is 55.3 Å². The Bertz CT molecular complexity index is 1350. The molecule has 2 aliphatic rings. The van der Waals surface area contributed by atoms with Gasteiger partial charge in [-0.3, -0.25) is 9.52 Å². The van der Waals surface area contributed by atoms with E-state index in [1.54, 1.807) is 12.1 Å². The number of rotatable bonds is 11. The van der Waals surface area contributed by atoms with E-state index in [-0.39, 0.29) is 23.8 Å². The van der Waals surface area contributed by atoms with Crippen LogP contribution in [0.1, 0.15) is 73.3 Å². The molecule has 39 heavy (non-hydrogen) atoms. The zero-order chi connectivity index (χ0) is 27.2. The number of benzene rings is 2. The van der Waals surface area contributed by atoms with E-state index in [4.69, 9.17) is 4.52 Å². The average molecular weight is 552 g/mol. The molecule has 2 aromatic carbocycles. The van der Waals surface area contributed by atoms with Crippen LogP contribution < -0.4 is 10.0 Å². The molecule has 1 atom stereocenters. The van der Waals surface area contributed by atoms with E-state index >= 15 is 0 Å². The van der Waals surface area contributed by atoms with Crippen LogP contribution in [0, 0.1) is 5.92 Å². The highest BCUT2D eigenvalue weighted by molar-refractivity contribution is 7.92. The first-order valence-corrected chi connectivity index (χ1v) is 15.7.